The maximum absolute atomic E-state index is 12.4. The summed E-state index contributed by atoms with van der Waals surface area (Å²) in [5.74, 6) is 0.828. The van der Waals surface area contributed by atoms with E-state index in [0.29, 0.717) is 35.9 Å². The van der Waals surface area contributed by atoms with Gasteiger partial charge in [-0.25, -0.2) is 0 Å². The number of carbonyl (C=O) groups is 2. The summed E-state index contributed by atoms with van der Waals surface area (Å²) in [6, 6.07) is 14.1. The molecule has 0 heterocycles. The average Bonchev–Trinajstić information content (AvgIpc) is 2.73. The Bertz CT molecular complexity index is 882. The third kappa shape index (κ3) is 9.17. The van der Waals surface area contributed by atoms with Gasteiger partial charge in [0.15, 0.2) is 5.11 Å². The third-order valence-electron chi connectivity index (χ3n) is 4.34. The molecule has 0 aromatic heterocycles. The van der Waals surface area contributed by atoms with Crippen LogP contribution in [0, 0.1) is 5.92 Å². The highest BCUT2D eigenvalue weighted by molar-refractivity contribution is 7.80. The number of hydrogen-bond donors (Lipinski definition) is 3. The van der Waals surface area contributed by atoms with Gasteiger partial charge in [-0.1, -0.05) is 39.7 Å². The zero-order valence-electron chi connectivity index (χ0n) is 18.4. The minimum atomic E-state index is -0.312. The molecule has 2 aromatic carbocycles. The average molecular weight is 442 g/mol. The molecule has 2 rings (SSSR count). The Morgan fingerprint density at radius 3 is 2.32 bits per heavy atom. The number of thiocarbonyl (C=S) groups is 1. The standard InChI is InChI=1S/C24H31N3O3S/c1-4-5-6-10-22(28)25-19-8-7-9-20(15-19)26-24(31)27-23(29)18-11-13-21(14-12-18)30-16-17(2)3/h7-9,11-15,17H,4-6,10,16H2,1-3H3,(H,25,28)(H2,26,27,29,31). The van der Waals surface area contributed by atoms with Gasteiger partial charge in [-0.2, -0.15) is 0 Å². The van der Waals surface area contributed by atoms with Crippen LogP contribution in [0.1, 0.15) is 56.8 Å². The van der Waals surface area contributed by atoms with Crippen molar-refractivity contribution < 1.29 is 14.3 Å². The van der Waals surface area contributed by atoms with Crippen molar-refractivity contribution in [2.45, 2.75) is 46.5 Å². The fourth-order valence-electron chi connectivity index (χ4n) is 2.74. The Balaban J connectivity index is 1.86. The third-order valence-corrected chi connectivity index (χ3v) is 4.54. The molecular formula is C24H31N3O3S. The van der Waals surface area contributed by atoms with E-state index in [1.165, 1.54) is 0 Å². The van der Waals surface area contributed by atoms with Crippen LogP contribution in [-0.4, -0.2) is 23.5 Å². The minimum Gasteiger partial charge on any atom is -0.493 e. The summed E-state index contributed by atoms with van der Waals surface area (Å²) < 4.78 is 5.63. The Morgan fingerprint density at radius 2 is 1.68 bits per heavy atom. The molecule has 0 aliphatic heterocycles. The number of nitrogens with one attached hydrogen (secondary N) is 3. The number of ether oxygens (including phenoxy) is 1. The van der Waals surface area contributed by atoms with Crippen LogP contribution in [0.4, 0.5) is 11.4 Å². The predicted molar refractivity (Wildman–Crippen MR) is 130 cm³/mol. The number of benzene rings is 2. The number of unbranched alkanes of at least 4 members (excludes halogenated alkanes) is 2. The molecule has 0 spiro atoms. The van der Waals surface area contributed by atoms with Crippen molar-refractivity contribution in [3.8, 4) is 5.75 Å². The molecule has 7 heteroatoms. The molecule has 0 aliphatic carbocycles. The minimum absolute atomic E-state index is 0.0118. The van der Waals surface area contributed by atoms with Gasteiger partial charge in [0.2, 0.25) is 5.91 Å². The van der Waals surface area contributed by atoms with Crippen molar-refractivity contribution >= 4 is 40.5 Å². The van der Waals surface area contributed by atoms with Gasteiger partial charge >= 0.3 is 0 Å². The molecule has 0 fully saturated rings. The van der Waals surface area contributed by atoms with Crippen molar-refractivity contribution in [3.63, 3.8) is 0 Å². The molecule has 3 N–H and O–H groups in total. The first kappa shape index (κ1) is 24.3. The van der Waals surface area contributed by atoms with E-state index in [-0.39, 0.29) is 16.9 Å². The summed E-state index contributed by atoms with van der Waals surface area (Å²) in [5, 5.41) is 8.70. The van der Waals surface area contributed by atoms with E-state index in [2.05, 4.69) is 36.7 Å². The fourth-order valence-corrected chi connectivity index (χ4v) is 2.95. The van der Waals surface area contributed by atoms with E-state index >= 15 is 0 Å². The van der Waals surface area contributed by atoms with Gasteiger partial charge < -0.3 is 15.4 Å². The molecule has 166 valence electrons. The van der Waals surface area contributed by atoms with Gasteiger partial charge in [-0.05, 0) is 67.0 Å². The smallest absolute Gasteiger partial charge is 0.257 e. The molecule has 31 heavy (non-hydrogen) atoms. The second-order valence-electron chi connectivity index (χ2n) is 7.72. The fraction of sp³-hybridized carbons (Fsp3) is 0.375. The summed E-state index contributed by atoms with van der Waals surface area (Å²) in [7, 11) is 0. The molecule has 0 unspecified atom stereocenters. The summed E-state index contributed by atoms with van der Waals surface area (Å²) in [4.78, 5) is 24.4. The highest BCUT2D eigenvalue weighted by Crippen LogP contribution is 2.16. The van der Waals surface area contributed by atoms with Crippen molar-refractivity contribution in [2.24, 2.45) is 5.92 Å². The predicted octanol–water partition coefficient (Wildman–Crippen LogP) is 5.37. The van der Waals surface area contributed by atoms with E-state index in [9.17, 15) is 9.59 Å². The molecule has 6 nitrogen and oxygen atoms in total. The molecule has 0 saturated heterocycles. The normalized spacial score (nSPS) is 10.5. The molecule has 0 aliphatic rings. The van der Waals surface area contributed by atoms with Crippen LogP contribution in [0.2, 0.25) is 0 Å². The lowest BCUT2D eigenvalue weighted by Gasteiger charge is -2.12. The van der Waals surface area contributed by atoms with Crippen LogP contribution >= 0.6 is 12.2 Å². The van der Waals surface area contributed by atoms with Gasteiger partial charge in [0.1, 0.15) is 5.75 Å². The van der Waals surface area contributed by atoms with Crippen LogP contribution in [-0.2, 0) is 4.79 Å². The molecule has 2 amide bonds. The Morgan fingerprint density at radius 1 is 1.00 bits per heavy atom. The topological polar surface area (TPSA) is 79.5 Å². The van der Waals surface area contributed by atoms with Gasteiger partial charge in [0.05, 0.1) is 6.61 Å². The van der Waals surface area contributed by atoms with E-state index < -0.39 is 0 Å². The Kier molecular flexibility index (Phi) is 9.97. The Hall–Kier alpha value is -2.93. The first-order chi connectivity index (χ1) is 14.9. The number of carbonyl (C=O) groups excluding carboxylic acids is 2. The second-order valence-corrected chi connectivity index (χ2v) is 8.13. The van der Waals surface area contributed by atoms with Crippen LogP contribution in [0.3, 0.4) is 0 Å². The van der Waals surface area contributed by atoms with Crippen LogP contribution in [0.5, 0.6) is 5.75 Å². The van der Waals surface area contributed by atoms with E-state index in [4.69, 9.17) is 17.0 Å². The molecule has 0 saturated carbocycles. The van der Waals surface area contributed by atoms with Gasteiger partial charge in [-0.3, -0.25) is 14.9 Å². The zero-order valence-corrected chi connectivity index (χ0v) is 19.2. The van der Waals surface area contributed by atoms with Gasteiger partial charge in [-0.15, -0.1) is 0 Å². The van der Waals surface area contributed by atoms with E-state index in [1.54, 1.807) is 30.3 Å². The molecule has 0 bridgehead atoms. The zero-order chi connectivity index (χ0) is 22.6. The first-order valence-electron chi connectivity index (χ1n) is 10.6. The Labute approximate surface area is 189 Å². The maximum Gasteiger partial charge on any atom is 0.257 e. The largest absolute Gasteiger partial charge is 0.493 e. The van der Waals surface area contributed by atoms with E-state index in [0.717, 1.165) is 25.0 Å². The lowest BCUT2D eigenvalue weighted by Crippen LogP contribution is -2.34. The second kappa shape index (κ2) is 12.7. The quantitative estimate of drug-likeness (QED) is 0.341. The number of rotatable bonds is 10. The number of amides is 2. The summed E-state index contributed by atoms with van der Waals surface area (Å²) in [6.07, 6.45) is 3.49. The van der Waals surface area contributed by atoms with Crippen LogP contribution in [0.15, 0.2) is 48.5 Å². The van der Waals surface area contributed by atoms with Crippen molar-refractivity contribution in [2.75, 3.05) is 17.2 Å². The lowest BCUT2D eigenvalue weighted by molar-refractivity contribution is -0.116. The highest BCUT2D eigenvalue weighted by Gasteiger charge is 2.09. The van der Waals surface area contributed by atoms with Gasteiger partial charge in [0, 0.05) is 23.4 Å². The molecule has 0 atom stereocenters. The highest BCUT2D eigenvalue weighted by atomic mass is 32.1. The summed E-state index contributed by atoms with van der Waals surface area (Å²) in [6.45, 7) is 6.88. The summed E-state index contributed by atoms with van der Waals surface area (Å²) in [5.41, 5.74) is 1.83. The monoisotopic (exact) mass is 441 g/mol. The van der Waals surface area contributed by atoms with Crippen molar-refractivity contribution in [1.82, 2.24) is 5.32 Å². The van der Waals surface area contributed by atoms with Crippen molar-refractivity contribution in [1.29, 1.82) is 0 Å². The van der Waals surface area contributed by atoms with Crippen molar-refractivity contribution in [3.05, 3.63) is 54.1 Å². The lowest BCUT2D eigenvalue weighted by atomic mass is 10.2. The maximum atomic E-state index is 12.4. The SMILES string of the molecule is CCCCCC(=O)Nc1cccc(NC(=S)NC(=O)c2ccc(OCC(C)C)cc2)c1. The van der Waals surface area contributed by atoms with Crippen LogP contribution in [0.25, 0.3) is 0 Å². The van der Waals surface area contributed by atoms with E-state index in [1.807, 2.05) is 18.2 Å². The van der Waals surface area contributed by atoms with Gasteiger partial charge in [0.25, 0.3) is 5.91 Å². The molecule has 2 aromatic rings. The first-order valence-corrected chi connectivity index (χ1v) is 11.0. The number of anilines is 2. The van der Waals surface area contributed by atoms with Crippen LogP contribution < -0.4 is 20.7 Å². The molecule has 0 radical (unpaired) electrons. The molecular weight excluding hydrogens is 410 g/mol. The number of hydrogen-bond acceptors (Lipinski definition) is 4. The summed E-state index contributed by atoms with van der Waals surface area (Å²) >= 11 is 5.25.